The van der Waals surface area contributed by atoms with Gasteiger partial charge in [-0.15, -0.1) is 0 Å². The molecule has 2 nitrogen and oxygen atoms in total. The number of nitrogens with one attached hydrogen (secondary N) is 1. The Labute approximate surface area is 97.0 Å². The highest BCUT2D eigenvalue weighted by Gasteiger charge is 2.19. The molecule has 0 aromatic heterocycles. The van der Waals surface area contributed by atoms with Crippen molar-refractivity contribution < 1.29 is 5.11 Å². The van der Waals surface area contributed by atoms with Gasteiger partial charge in [0, 0.05) is 18.2 Å². The fourth-order valence-corrected chi connectivity index (χ4v) is 2.24. The molecule has 16 heavy (non-hydrogen) atoms. The van der Waals surface area contributed by atoms with E-state index in [0.29, 0.717) is 0 Å². The van der Waals surface area contributed by atoms with Crippen molar-refractivity contribution in [3.05, 3.63) is 41.5 Å². The number of anilines is 1. The molecular weight excluding hydrogens is 198 g/mol. The molecule has 2 atom stereocenters. The van der Waals surface area contributed by atoms with Gasteiger partial charge in [-0.3, -0.25) is 0 Å². The van der Waals surface area contributed by atoms with Crippen LogP contribution >= 0.6 is 0 Å². The van der Waals surface area contributed by atoms with Gasteiger partial charge in [0.2, 0.25) is 0 Å². The monoisotopic (exact) mass is 217 g/mol. The van der Waals surface area contributed by atoms with Gasteiger partial charge in [-0.1, -0.05) is 29.8 Å². The molecule has 2 heteroatoms. The van der Waals surface area contributed by atoms with E-state index in [2.05, 4.69) is 37.4 Å². The molecule has 0 spiro atoms. The van der Waals surface area contributed by atoms with Crippen LogP contribution in [0.5, 0.6) is 0 Å². The van der Waals surface area contributed by atoms with Crippen LogP contribution in [0.2, 0.25) is 0 Å². The molecule has 0 bridgehead atoms. The topological polar surface area (TPSA) is 32.3 Å². The standard InChI is InChI=1S/C14H19NO/c1-10(2)7-12-9-13(16)8-11-5-3-4-6-14(11)15-12/h3-7,12-13,15-16H,8-9H2,1-2H3/t12-,13+/m1/s1. The van der Waals surface area contributed by atoms with E-state index in [4.69, 9.17) is 0 Å². The van der Waals surface area contributed by atoms with Crippen molar-refractivity contribution in [1.29, 1.82) is 0 Å². The van der Waals surface area contributed by atoms with Crippen molar-refractivity contribution in [3.63, 3.8) is 0 Å². The lowest BCUT2D eigenvalue weighted by Crippen LogP contribution is -2.21. The molecule has 1 aliphatic heterocycles. The summed E-state index contributed by atoms with van der Waals surface area (Å²) < 4.78 is 0. The summed E-state index contributed by atoms with van der Waals surface area (Å²) in [6.45, 7) is 4.18. The van der Waals surface area contributed by atoms with Crippen LogP contribution < -0.4 is 5.32 Å². The number of rotatable bonds is 1. The number of hydrogen-bond donors (Lipinski definition) is 2. The second kappa shape index (κ2) is 4.71. The number of aliphatic hydroxyl groups is 1. The molecule has 0 amide bonds. The third-order valence-corrected chi connectivity index (χ3v) is 2.87. The second-order valence-corrected chi connectivity index (χ2v) is 4.75. The first-order valence-electron chi connectivity index (χ1n) is 5.82. The Kier molecular flexibility index (Phi) is 3.30. The van der Waals surface area contributed by atoms with Crippen LogP contribution in [0.4, 0.5) is 5.69 Å². The maximum Gasteiger partial charge on any atom is 0.0604 e. The third kappa shape index (κ3) is 2.64. The maximum absolute atomic E-state index is 9.95. The van der Waals surface area contributed by atoms with E-state index in [1.54, 1.807) is 0 Å². The lowest BCUT2D eigenvalue weighted by molar-refractivity contribution is 0.165. The predicted octanol–water partition coefficient (Wildman–Crippen LogP) is 2.74. The highest BCUT2D eigenvalue weighted by atomic mass is 16.3. The van der Waals surface area contributed by atoms with E-state index >= 15 is 0 Å². The molecule has 0 radical (unpaired) electrons. The normalized spacial score (nSPS) is 23.9. The quantitative estimate of drug-likeness (QED) is 0.709. The fourth-order valence-electron chi connectivity index (χ4n) is 2.24. The number of benzene rings is 1. The van der Waals surface area contributed by atoms with Crippen LogP contribution in [0, 0.1) is 0 Å². The van der Waals surface area contributed by atoms with E-state index < -0.39 is 0 Å². The molecule has 2 N–H and O–H groups in total. The Morgan fingerprint density at radius 1 is 1.38 bits per heavy atom. The first kappa shape index (κ1) is 11.2. The first-order valence-corrected chi connectivity index (χ1v) is 5.82. The first-order chi connectivity index (χ1) is 7.65. The Morgan fingerprint density at radius 3 is 2.88 bits per heavy atom. The van der Waals surface area contributed by atoms with Crippen molar-refractivity contribution in [2.24, 2.45) is 0 Å². The van der Waals surface area contributed by atoms with Crippen LogP contribution in [0.25, 0.3) is 0 Å². The van der Waals surface area contributed by atoms with Gasteiger partial charge < -0.3 is 10.4 Å². The number of fused-ring (bicyclic) bond motifs is 1. The number of aliphatic hydroxyl groups excluding tert-OH is 1. The number of allylic oxidation sites excluding steroid dienone is 1. The van der Waals surface area contributed by atoms with Gasteiger partial charge >= 0.3 is 0 Å². The van der Waals surface area contributed by atoms with Gasteiger partial charge in [0.15, 0.2) is 0 Å². The van der Waals surface area contributed by atoms with Gasteiger partial charge in [-0.2, -0.15) is 0 Å². The molecule has 1 aromatic carbocycles. The molecule has 0 saturated carbocycles. The summed E-state index contributed by atoms with van der Waals surface area (Å²) in [7, 11) is 0. The lowest BCUT2D eigenvalue weighted by Gasteiger charge is -2.15. The van der Waals surface area contributed by atoms with Crippen LogP contribution in [0.15, 0.2) is 35.9 Å². The predicted molar refractivity (Wildman–Crippen MR) is 67.6 cm³/mol. The second-order valence-electron chi connectivity index (χ2n) is 4.75. The largest absolute Gasteiger partial charge is 0.393 e. The van der Waals surface area contributed by atoms with Crippen LogP contribution in [0.1, 0.15) is 25.8 Å². The molecule has 0 aliphatic carbocycles. The van der Waals surface area contributed by atoms with Gasteiger partial charge in [0.25, 0.3) is 0 Å². The summed E-state index contributed by atoms with van der Waals surface area (Å²) >= 11 is 0. The van der Waals surface area contributed by atoms with Crippen LogP contribution in [-0.2, 0) is 6.42 Å². The fraction of sp³-hybridized carbons (Fsp3) is 0.429. The van der Waals surface area contributed by atoms with Crippen LogP contribution in [-0.4, -0.2) is 17.3 Å². The van der Waals surface area contributed by atoms with E-state index in [9.17, 15) is 5.11 Å². The van der Waals surface area contributed by atoms with Crippen molar-refractivity contribution in [3.8, 4) is 0 Å². The van der Waals surface area contributed by atoms with Crippen LogP contribution in [0.3, 0.4) is 0 Å². The zero-order valence-electron chi connectivity index (χ0n) is 9.90. The number of hydrogen-bond acceptors (Lipinski definition) is 2. The highest BCUT2D eigenvalue weighted by Crippen LogP contribution is 2.24. The average Bonchev–Trinajstić information content (AvgIpc) is 2.33. The summed E-state index contributed by atoms with van der Waals surface area (Å²) in [5.74, 6) is 0. The minimum Gasteiger partial charge on any atom is -0.393 e. The van der Waals surface area contributed by atoms with E-state index in [1.165, 1.54) is 11.1 Å². The van der Waals surface area contributed by atoms with Gasteiger partial charge in [-0.05, 0) is 31.9 Å². The molecule has 2 rings (SSSR count). The van der Waals surface area contributed by atoms with E-state index in [-0.39, 0.29) is 12.1 Å². The Bertz CT molecular complexity index is 393. The van der Waals surface area contributed by atoms with Gasteiger partial charge in [-0.25, -0.2) is 0 Å². The molecular formula is C14H19NO. The maximum atomic E-state index is 9.95. The summed E-state index contributed by atoms with van der Waals surface area (Å²) in [5, 5.41) is 13.4. The van der Waals surface area contributed by atoms with Crippen molar-refractivity contribution in [2.75, 3.05) is 5.32 Å². The minimum absolute atomic E-state index is 0.239. The Hall–Kier alpha value is -1.28. The minimum atomic E-state index is -0.253. The van der Waals surface area contributed by atoms with E-state index in [1.807, 2.05) is 12.1 Å². The number of para-hydroxylation sites is 1. The van der Waals surface area contributed by atoms with E-state index in [0.717, 1.165) is 18.5 Å². The Balaban J connectivity index is 2.27. The molecule has 0 saturated heterocycles. The van der Waals surface area contributed by atoms with Gasteiger partial charge in [0.05, 0.1) is 6.10 Å². The molecule has 0 fully saturated rings. The Morgan fingerprint density at radius 2 is 2.12 bits per heavy atom. The summed E-state index contributed by atoms with van der Waals surface area (Å²) in [6, 6.07) is 8.46. The average molecular weight is 217 g/mol. The zero-order chi connectivity index (χ0) is 11.5. The molecule has 1 aromatic rings. The SMILES string of the molecule is CC(C)=C[C@@H]1C[C@@H](O)Cc2ccccc2N1. The smallest absolute Gasteiger partial charge is 0.0604 e. The van der Waals surface area contributed by atoms with Crippen molar-refractivity contribution in [1.82, 2.24) is 0 Å². The lowest BCUT2D eigenvalue weighted by atomic mass is 10.0. The summed E-state index contributed by atoms with van der Waals surface area (Å²) in [5.41, 5.74) is 3.64. The summed E-state index contributed by atoms with van der Waals surface area (Å²) in [6.07, 6.45) is 3.46. The van der Waals surface area contributed by atoms with Gasteiger partial charge in [0.1, 0.15) is 0 Å². The molecule has 0 unspecified atom stereocenters. The van der Waals surface area contributed by atoms with Crippen molar-refractivity contribution >= 4 is 5.69 Å². The molecule has 1 heterocycles. The third-order valence-electron chi connectivity index (χ3n) is 2.87. The molecule has 86 valence electrons. The molecule has 1 aliphatic rings. The van der Waals surface area contributed by atoms with Crippen molar-refractivity contribution in [2.45, 2.75) is 38.8 Å². The highest BCUT2D eigenvalue weighted by molar-refractivity contribution is 5.53. The zero-order valence-corrected chi connectivity index (χ0v) is 9.90. The summed E-state index contributed by atoms with van der Waals surface area (Å²) in [4.78, 5) is 0.